The van der Waals surface area contributed by atoms with Gasteiger partial charge in [0, 0.05) is 5.92 Å². The van der Waals surface area contributed by atoms with E-state index in [-0.39, 0.29) is 18.3 Å². The molecule has 3 aromatic carbocycles. The molecule has 0 bridgehead atoms. The minimum absolute atomic E-state index is 0.0130. The third kappa shape index (κ3) is 3.65. The standard InChI is InChI=1S/C23H19NO5/c25-15-11-9-14(10-12-15)21(22(26)27)24-23(28)29-13-20-18-7-3-1-5-16(18)17-6-2-4-8-19(17)20/h1-12,20-21,25H,13H2,(H,24,28)(H,26,27). The summed E-state index contributed by atoms with van der Waals surface area (Å²) in [5.74, 6) is -1.31. The first-order valence-electron chi connectivity index (χ1n) is 9.18. The van der Waals surface area contributed by atoms with Crippen molar-refractivity contribution < 1.29 is 24.5 Å². The number of carbonyl (C=O) groups is 2. The van der Waals surface area contributed by atoms with Crippen molar-refractivity contribution in [2.45, 2.75) is 12.0 Å². The Hall–Kier alpha value is -3.80. The lowest BCUT2D eigenvalue weighted by molar-refractivity contribution is -0.139. The normalized spacial score (nSPS) is 13.2. The summed E-state index contributed by atoms with van der Waals surface area (Å²) < 4.78 is 5.40. The molecule has 0 saturated carbocycles. The molecule has 3 N–H and O–H groups in total. The molecule has 0 aliphatic heterocycles. The highest BCUT2D eigenvalue weighted by Gasteiger charge is 2.30. The van der Waals surface area contributed by atoms with Crippen LogP contribution in [-0.2, 0) is 9.53 Å². The largest absolute Gasteiger partial charge is 0.508 e. The predicted molar refractivity (Wildman–Crippen MR) is 107 cm³/mol. The first-order chi connectivity index (χ1) is 14.0. The summed E-state index contributed by atoms with van der Waals surface area (Å²) in [5.41, 5.74) is 4.72. The van der Waals surface area contributed by atoms with E-state index in [0.29, 0.717) is 5.56 Å². The Kier molecular flexibility index (Phi) is 4.91. The lowest BCUT2D eigenvalue weighted by atomic mass is 9.98. The number of fused-ring (bicyclic) bond motifs is 3. The second-order valence-electron chi connectivity index (χ2n) is 6.83. The highest BCUT2D eigenvalue weighted by atomic mass is 16.5. The van der Waals surface area contributed by atoms with E-state index in [0.717, 1.165) is 22.3 Å². The van der Waals surface area contributed by atoms with Gasteiger partial charge in [-0.3, -0.25) is 0 Å². The van der Waals surface area contributed by atoms with E-state index in [1.165, 1.54) is 24.3 Å². The maximum absolute atomic E-state index is 12.3. The van der Waals surface area contributed by atoms with Gasteiger partial charge in [-0.2, -0.15) is 0 Å². The Morgan fingerprint density at radius 1 is 0.897 bits per heavy atom. The number of phenolic OH excluding ortho intramolecular Hbond substituents is 1. The Morgan fingerprint density at radius 2 is 1.45 bits per heavy atom. The molecule has 6 heteroatoms. The number of alkyl carbamates (subject to hydrolysis) is 1. The van der Waals surface area contributed by atoms with E-state index in [1.54, 1.807) is 0 Å². The maximum atomic E-state index is 12.3. The number of rotatable bonds is 5. The summed E-state index contributed by atoms with van der Waals surface area (Å²) in [7, 11) is 0. The first kappa shape index (κ1) is 18.6. The van der Waals surface area contributed by atoms with Gasteiger partial charge in [0.05, 0.1) is 0 Å². The van der Waals surface area contributed by atoms with E-state index >= 15 is 0 Å². The number of ether oxygens (including phenoxy) is 1. The highest BCUT2D eigenvalue weighted by molar-refractivity contribution is 5.82. The number of carboxylic acid groups (broad SMARTS) is 1. The molecule has 1 amide bonds. The zero-order valence-electron chi connectivity index (χ0n) is 15.4. The van der Waals surface area contributed by atoms with Crippen LogP contribution in [0.4, 0.5) is 4.79 Å². The van der Waals surface area contributed by atoms with Crippen molar-refractivity contribution in [3.05, 3.63) is 89.5 Å². The van der Waals surface area contributed by atoms with Crippen LogP contribution in [0.1, 0.15) is 28.7 Å². The molecular weight excluding hydrogens is 370 g/mol. The van der Waals surface area contributed by atoms with Crippen molar-refractivity contribution in [1.29, 1.82) is 0 Å². The van der Waals surface area contributed by atoms with Crippen LogP contribution in [0.15, 0.2) is 72.8 Å². The second-order valence-corrected chi connectivity index (χ2v) is 6.83. The van der Waals surface area contributed by atoms with Gasteiger partial charge in [-0.05, 0) is 39.9 Å². The topological polar surface area (TPSA) is 95.9 Å². The lowest BCUT2D eigenvalue weighted by Gasteiger charge is -2.17. The van der Waals surface area contributed by atoms with Crippen molar-refractivity contribution in [2.75, 3.05) is 6.61 Å². The third-order valence-electron chi connectivity index (χ3n) is 5.08. The van der Waals surface area contributed by atoms with Gasteiger partial charge in [0.25, 0.3) is 0 Å². The molecule has 0 aromatic heterocycles. The summed E-state index contributed by atoms with van der Waals surface area (Å²) in [6.45, 7) is 0.0990. The molecule has 0 radical (unpaired) electrons. The quantitative estimate of drug-likeness (QED) is 0.612. The molecule has 29 heavy (non-hydrogen) atoms. The molecule has 4 rings (SSSR count). The Labute approximate surface area is 167 Å². The fraction of sp³-hybridized carbons (Fsp3) is 0.130. The van der Waals surface area contributed by atoms with E-state index in [2.05, 4.69) is 5.32 Å². The van der Waals surface area contributed by atoms with Crippen LogP contribution in [-0.4, -0.2) is 28.9 Å². The van der Waals surface area contributed by atoms with Crippen LogP contribution in [0.5, 0.6) is 5.75 Å². The molecule has 6 nitrogen and oxygen atoms in total. The van der Waals surface area contributed by atoms with Crippen LogP contribution in [0, 0.1) is 0 Å². The summed E-state index contributed by atoms with van der Waals surface area (Å²) in [6.07, 6.45) is -0.813. The fourth-order valence-corrected chi connectivity index (χ4v) is 3.71. The number of benzene rings is 3. The number of aromatic hydroxyl groups is 1. The van der Waals surface area contributed by atoms with Crippen molar-refractivity contribution in [3.8, 4) is 16.9 Å². The predicted octanol–water partition coefficient (Wildman–Crippen LogP) is 4.06. The molecule has 1 atom stereocenters. The number of amides is 1. The SMILES string of the molecule is O=C(NC(C(=O)O)c1ccc(O)cc1)OCC1c2ccccc2-c2ccccc21. The van der Waals surface area contributed by atoms with Gasteiger partial charge in [-0.25, -0.2) is 9.59 Å². The molecule has 0 heterocycles. The number of aliphatic carboxylic acids is 1. The number of hydrogen-bond acceptors (Lipinski definition) is 4. The molecule has 1 aliphatic rings. The Bertz CT molecular complexity index is 1020. The van der Waals surface area contributed by atoms with Gasteiger partial charge < -0.3 is 20.3 Å². The van der Waals surface area contributed by atoms with E-state index in [4.69, 9.17) is 4.74 Å². The third-order valence-corrected chi connectivity index (χ3v) is 5.08. The number of hydrogen-bond donors (Lipinski definition) is 3. The molecule has 1 unspecified atom stereocenters. The fourth-order valence-electron chi connectivity index (χ4n) is 3.71. The Balaban J connectivity index is 1.48. The van der Waals surface area contributed by atoms with Crippen LogP contribution in [0.2, 0.25) is 0 Å². The zero-order chi connectivity index (χ0) is 20.4. The van der Waals surface area contributed by atoms with Gasteiger partial charge in [0.15, 0.2) is 6.04 Å². The van der Waals surface area contributed by atoms with Crippen molar-refractivity contribution in [1.82, 2.24) is 5.32 Å². The second kappa shape index (κ2) is 7.67. The molecular formula is C23H19NO5. The average molecular weight is 389 g/mol. The lowest BCUT2D eigenvalue weighted by Crippen LogP contribution is -2.34. The molecule has 0 spiro atoms. The van der Waals surface area contributed by atoms with E-state index in [9.17, 15) is 19.8 Å². The van der Waals surface area contributed by atoms with Crippen LogP contribution in [0.25, 0.3) is 11.1 Å². The smallest absolute Gasteiger partial charge is 0.408 e. The van der Waals surface area contributed by atoms with Crippen molar-refractivity contribution >= 4 is 12.1 Å². The summed E-state index contributed by atoms with van der Waals surface area (Å²) >= 11 is 0. The zero-order valence-corrected chi connectivity index (χ0v) is 15.4. The van der Waals surface area contributed by atoms with Crippen molar-refractivity contribution in [3.63, 3.8) is 0 Å². The molecule has 0 fully saturated rings. The molecule has 146 valence electrons. The van der Waals surface area contributed by atoms with Gasteiger partial charge in [-0.1, -0.05) is 60.7 Å². The molecule has 0 saturated heterocycles. The summed E-state index contributed by atoms with van der Waals surface area (Å²) in [6, 6.07) is 20.3. The first-order valence-corrected chi connectivity index (χ1v) is 9.18. The average Bonchev–Trinajstić information content (AvgIpc) is 3.05. The number of carbonyl (C=O) groups excluding carboxylic acids is 1. The van der Waals surface area contributed by atoms with Crippen LogP contribution >= 0.6 is 0 Å². The number of phenols is 1. The number of carboxylic acids is 1. The summed E-state index contributed by atoms with van der Waals surface area (Å²) in [5, 5.41) is 21.2. The van der Waals surface area contributed by atoms with Gasteiger partial charge in [-0.15, -0.1) is 0 Å². The van der Waals surface area contributed by atoms with Gasteiger partial charge >= 0.3 is 12.1 Å². The number of nitrogens with one attached hydrogen (secondary N) is 1. The van der Waals surface area contributed by atoms with E-state index < -0.39 is 18.1 Å². The van der Waals surface area contributed by atoms with E-state index in [1.807, 2.05) is 48.5 Å². The molecule has 3 aromatic rings. The molecule has 1 aliphatic carbocycles. The van der Waals surface area contributed by atoms with Crippen LogP contribution in [0.3, 0.4) is 0 Å². The Morgan fingerprint density at radius 3 is 2.00 bits per heavy atom. The van der Waals surface area contributed by atoms with Gasteiger partial charge in [0.1, 0.15) is 12.4 Å². The minimum atomic E-state index is -1.27. The monoisotopic (exact) mass is 389 g/mol. The van der Waals surface area contributed by atoms with Crippen molar-refractivity contribution in [2.24, 2.45) is 0 Å². The summed E-state index contributed by atoms with van der Waals surface area (Å²) in [4.78, 5) is 23.9. The highest BCUT2D eigenvalue weighted by Crippen LogP contribution is 2.44. The maximum Gasteiger partial charge on any atom is 0.408 e. The minimum Gasteiger partial charge on any atom is -0.508 e. The van der Waals surface area contributed by atoms with Gasteiger partial charge in [0.2, 0.25) is 0 Å². The van der Waals surface area contributed by atoms with Crippen LogP contribution < -0.4 is 5.32 Å².